The predicted octanol–water partition coefficient (Wildman–Crippen LogP) is 4.67. The molecule has 1 aromatic rings. The Morgan fingerprint density at radius 2 is 1.93 bits per heavy atom. The van der Waals surface area contributed by atoms with Gasteiger partial charge in [-0.2, -0.15) is 0 Å². The van der Waals surface area contributed by atoms with Crippen LogP contribution in [-0.4, -0.2) is 39.3 Å². The van der Waals surface area contributed by atoms with E-state index in [1.54, 1.807) is 0 Å². The highest BCUT2D eigenvalue weighted by molar-refractivity contribution is 6.74. The minimum absolute atomic E-state index is 0.0878. The highest BCUT2D eigenvalue weighted by Gasteiger charge is 2.38. The first kappa shape index (κ1) is 22.7. The van der Waals surface area contributed by atoms with E-state index in [9.17, 15) is 18.0 Å². The van der Waals surface area contributed by atoms with Crippen LogP contribution >= 0.6 is 0 Å². The molecular formula is C19H29F3N2O3Si. The maximum absolute atomic E-state index is 12.4. The third kappa shape index (κ3) is 6.49. The zero-order valence-electron chi connectivity index (χ0n) is 16.9. The van der Waals surface area contributed by atoms with Gasteiger partial charge in [0.15, 0.2) is 8.32 Å². The molecule has 1 aliphatic rings. The molecular weight excluding hydrogens is 389 g/mol. The number of halogens is 3. The lowest BCUT2D eigenvalue weighted by Gasteiger charge is -2.37. The first-order valence-electron chi connectivity index (χ1n) is 9.33. The van der Waals surface area contributed by atoms with Crippen LogP contribution in [0.1, 0.15) is 33.6 Å². The Balaban J connectivity index is 1.87. The van der Waals surface area contributed by atoms with Gasteiger partial charge in [0.05, 0.1) is 6.04 Å². The normalized spacial score (nSPS) is 20.9. The summed E-state index contributed by atoms with van der Waals surface area (Å²) in [6, 6.07) is 4.94. The molecule has 28 heavy (non-hydrogen) atoms. The van der Waals surface area contributed by atoms with E-state index in [2.05, 4.69) is 49.2 Å². The molecule has 0 saturated carbocycles. The smallest absolute Gasteiger partial charge is 0.415 e. The van der Waals surface area contributed by atoms with Crippen LogP contribution in [-0.2, 0) is 9.22 Å². The lowest BCUT2D eigenvalue weighted by atomic mass is 10.2. The second-order valence-electron chi connectivity index (χ2n) is 8.63. The molecule has 0 spiro atoms. The summed E-state index contributed by atoms with van der Waals surface area (Å²) in [5.41, 5.74) is 0.259. The van der Waals surface area contributed by atoms with Gasteiger partial charge in [-0.05, 0) is 43.1 Å². The average molecular weight is 419 g/mol. The molecule has 0 radical (unpaired) electrons. The summed E-state index contributed by atoms with van der Waals surface area (Å²) in [5.74, 6) is -0.649. The number of carbonyl (C=O) groups is 1. The van der Waals surface area contributed by atoms with Crippen molar-refractivity contribution in [2.24, 2.45) is 0 Å². The molecule has 1 aliphatic heterocycles. The number of nitrogens with one attached hydrogen (secondary N) is 2. The molecule has 1 aromatic carbocycles. The number of hydrogen-bond acceptors (Lipinski definition) is 4. The second-order valence-corrected chi connectivity index (χ2v) is 13.4. The minimum Gasteiger partial charge on any atom is -0.415 e. The summed E-state index contributed by atoms with van der Waals surface area (Å²) in [5, 5.41) is 6.02. The van der Waals surface area contributed by atoms with Gasteiger partial charge in [-0.1, -0.05) is 26.8 Å². The minimum atomic E-state index is -4.77. The maximum atomic E-state index is 12.4. The average Bonchev–Trinajstić information content (AvgIpc) is 3.00. The molecule has 0 aliphatic carbocycles. The number of rotatable bonds is 6. The van der Waals surface area contributed by atoms with Crippen LogP contribution in [0.15, 0.2) is 24.3 Å². The van der Waals surface area contributed by atoms with Gasteiger partial charge in [0.25, 0.3) is 0 Å². The number of anilines is 1. The van der Waals surface area contributed by atoms with Crippen LogP contribution < -0.4 is 15.4 Å². The van der Waals surface area contributed by atoms with Crippen molar-refractivity contribution >= 4 is 19.9 Å². The molecule has 0 aromatic heterocycles. The molecule has 9 heteroatoms. The van der Waals surface area contributed by atoms with Crippen LogP contribution in [0.5, 0.6) is 5.75 Å². The summed E-state index contributed by atoms with van der Waals surface area (Å²) >= 11 is 0. The number of ether oxygens (including phenoxy) is 1. The summed E-state index contributed by atoms with van der Waals surface area (Å²) in [7, 11) is -1.85. The first-order chi connectivity index (χ1) is 12.8. The van der Waals surface area contributed by atoms with Crippen LogP contribution in [0, 0.1) is 0 Å². The molecule has 1 heterocycles. The van der Waals surface area contributed by atoms with Crippen LogP contribution in [0.4, 0.5) is 18.9 Å². The Hall–Kier alpha value is -1.58. The number of alkyl halides is 3. The van der Waals surface area contributed by atoms with Gasteiger partial charge < -0.3 is 19.8 Å². The van der Waals surface area contributed by atoms with E-state index >= 15 is 0 Å². The van der Waals surface area contributed by atoms with Crippen molar-refractivity contribution < 1.29 is 27.1 Å². The molecule has 1 amide bonds. The monoisotopic (exact) mass is 418 g/mol. The molecule has 2 N–H and O–H groups in total. The highest BCUT2D eigenvalue weighted by atomic mass is 28.4. The molecule has 0 unspecified atom stereocenters. The molecule has 0 bridgehead atoms. The van der Waals surface area contributed by atoms with Crippen molar-refractivity contribution in [1.29, 1.82) is 0 Å². The fourth-order valence-corrected chi connectivity index (χ4v) is 3.73. The molecule has 5 nitrogen and oxygen atoms in total. The summed E-state index contributed by atoms with van der Waals surface area (Å²) in [6.45, 7) is 11.4. The zero-order chi connectivity index (χ0) is 21.2. The molecule has 2 rings (SSSR count). The van der Waals surface area contributed by atoms with Crippen LogP contribution in [0.3, 0.4) is 0 Å². The summed E-state index contributed by atoms with van der Waals surface area (Å²) in [4.78, 5) is 12.4. The quantitative estimate of drug-likeness (QED) is 0.660. The Kier molecular flexibility index (Phi) is 6.83. The Morgan fingerprint density at radius 1 is 1.25 bits per heavy atom. The standard InChI is InChI=1S/C19H29F3N2O3Si/c1-18(2,3)28(4,5)26-12-14-9-10-16(23-14)17(25)24-13-7-6-8-15(11-13)27-19(20,21)22/h6-8,11,14,16,23H,9-10,12H2,1-5H3,(H,24,25)/t14-,16+/m1/s1. The number of benzene rings is 1. The highest BCUT2D eigenvalue weighted by Crippen LogP contribution is 2.36. The van der Waals surface area contributed by atoms with Gasteiger partial charge in [0.2, 0.25) is 5.91 Å². The largest absolute Gasteiger partial charge is 0.573 e. The van der Waals surface area contributed by atoms with E-state index in [4.69, 9.17) is 4.43 Å². The molecule has 1 fully saturated rings. The van der Waals surface area contributed by atoms with E-state index in [1.807, 2.05) is 0 Å². The van der Waals surface area contributed by atoms with Gasteiger partial charge >= 0.3 is 6.36 Å². The van der Waals surface area contributed by atoms with Crippen LogP contribution in [0.25, 0.3) is 0 Å². The van der Waals surface area contributed by atoms with Crippen molar-refractivity contribution in [3.63, 3.8) is 0 Å². The molecule has 1 saturated heterocycles. The van der Waals surface area contributed by atoms with Crippen molar-refractivity contribution in [2.45, 2.75) is 70.2 Å². The van der Waals surface area contributed by atoms with Crippen molar-refractivity contribution in [3.05, 3.63) is 24.3 Å². The van der Waals surface area contributed by atoms with E-state index in [1.165, 1.54) is 18.2 Å². The predicted molar refractivity (Wildman–Crippen MR) is 105 cm³/mol. The van der Waals surface area contributed by atoms with Gasteiger partial charge in [0, 0.05) is 24.4 Å². The van der Waals surface area contributed by atoms with Gasteiger partial charge in [-0.3, -0.25) is 4.79 Å². The summed E-state index contributed by atoms with van der Waals surface area (Å²) in [6.07, 6.45) is -3.31. The van der Waals surface area contributed by atoms with Gasteiger partial charge in [-0.25, -0.2) is 0 Å². The van der Waals surface area contributed by atoms with Crippen molar-refractivity contribution in [1.82, 2.24) is 5.32 Å². The number of carbonyl (C=O) groups excluding carboxylic acids is 1. The van der Waals surface area contributed by atoms with Crippen molar-refractivity contribution in [3.8, 4) is 5.75 Å². The van der Waals surface area contributed by atoms with Gasteiger partial charge in [-0.15, -0.1) is 13.2 Å². The van der Waals surface area contributed by atoms with E-state index in [0.717, 1.165) is 12.5 Å². The van der Waals surface area contributed by atoms with Crippen LogP contribution in [0.2, 0.25) is 18.1 Å². The Morgan fingerprint density at radius 3 is 2.54 bits per heavy atom. The Labute approximate surface area is 165 Å². The number of hydrogen-bond donors (Lipinski definition) is 2. The lowest BCUT2D eigenvalue weighted by Crippen LogP contribution is -2.46. The van der Waals surface area contributed by atoms with Gasteiger partial charge in [0.1, 0.15) is 5.75 Å². The second kappa shape index (κ2) is 8.42. The SMILES string of the molecule is CC(C)(C)[Si](C)(C)OC[C@H]1CC[C@@H](C(=O)Nc2cccc(OC(F)(F)F)c2)N1. The fraction of sp³-hybridized carbons (Fsp3) is 0.632. The maximum Gasteiger partial charge on any atom is 0.573 e. The Bertz CT molecular complexity index is 690. The molecule has 158 valence electrons. The number of amides is 1. The molecule has 2 atom stereocenters. The fourth-order valence-electron chi connectivity index (χ4n) is 2.68. The van der Waals surface area contributed by atoms with E-state index < -0.39 is 20.7 Å². The topological polar surface area (TPSA) is 59.6 Å². The lowest BCUT2D eigenvalue weighted by molar-refractivity contribution is -0.274. The van der Waals surface area contributed by atoms with Crippen molar-refractivity contribution in [2.75, 3.05) is 11.9 Å². The third-order valence-electron chi connectivity index (χ3n) is 5.34. The summed E-state index contributed by atoms with van der Waals surface area (Å²) < 4.78 is 47.1. The van der Waals surface area contributed by atoms with E-state index in [0.29, 0.717) is 13.0 Å². The first-order valence-corrected chi connectivity index (χ1v) is 12.2. The zero-order valence-corrected chi connectivity index (χ0v) is 17.9. The third-order valence-corrected chi connectivity index (χ3v) is 9.84. The van der Waals surface area contributed by atoms with E-state index in [-0.39, 0.29) is 28.4 Å².